The maximum Gasteiger partial charge on any atom is 0.232 e. The van der Waals surface area contributed by atoms with Gasteiger partial charge in [-0.25, -0.2) is 0 Å². The topological polar surface area (TPSA) is 74.2 Å². The highest BCUT2D eigenvalue weighted by atomic mass is 16.5. The van der Waals surface area contributed by atoms with Gasteiger partial charge in [-0.15, -0.1) is 0 Å². The zero-order valence-electron chi connectivity index (χ0n) is 10.1. The molecule has 0 bridgehead atoms. The second kappa shape index (κ2) is 4.14. The third kappa shape index (κ3) is 2.10. The van der Waals surface area contributed by atoms with Crippen molar-refractivity contribution in [1.82, 2.24) is 10.1 Å². The number of aromatic nitrogens is 2. The molecule has 1 fully saturated rings. The van der Waals surface area contributed by atoms with Crippen LogP contribution in [-0.4, -0.2) is 22.9 Å². The molecule has 2 N–H and O–H groups in total. The van der Waals surface area contributed by atoms with Crippen molar-refractivity contribution < 1.29 is 9.26 Å². The van der Waals surface area contributed by atoms with Crippen molar-refractivity contribution in [3.63, 3.8) is 0 Å². The summed E-state index contributed by atoms with van der Waals surface area (Å²) < 4.78 is 10.9. The number of ether oxygens (including phenoxy) is 1. The summed E-state index contributed by atoms with van der Waals surface area (Å²) in [4.78, 5) is 4.38. The van der Waals surface area contributed by atoms with Gasteiger partial charge in [-0.1, -0.05) is 12.1 Å². The van der Waals surface area contributed by atoms with Crippen LogP contribution in [0.5, 0.6) is 0 Å². The van der Waals surface area contributed by atoms with Crippen LogP contribution in [0.3, 0.4) is 0 Å². The zero-order valence-corrected chi connectivity index (χ0v) is 10.1. The summed E-state index contributed by atoms with van der Waals surface area (Å²) >= 11 is 0. The minimum atomic E-state index is -0.553. The molecular formula is C11H19N3O2. The minimum Gasteiger partial charge on any atom is -0.377 e. The Morgan fingerprint density at radius 2 is 2.25 bits per heavy atom. The lowest BCUT2D eigenvalue weighted by molar-refractivity contribution is 0.0953. The van der Waals surface area contributed by atoms with E-state index in [4.69, 9.17) is 15.0 Å². The van der Waals surface area contributed by atoms with Gasteiger partial charge < -0.3 is 15.0 Å². The number of nitrogens with two attached hydrogens (primary N) is 1. The molecule has 0 aliphatic carbocycles. The molecule has 0 aromatic carbocycles. The Bertz CT molecular complexity index is 356. The van der Waals surface area contributed by atoms with E-state index in [1.54, 1.807) is 0 Å². The van der Waals surface area contributed by atoms with Gasteiger partial charge in [0.2, 0.25) is 5.89 Å². The first-order chi connectivity index (χ1) is 7.52. The Morgan fingerprint density at radius 1 is 1.50 bits per heavy atom. The van der Waals surface area contributed by atoms with Gasteiger partial charge in [-0.3, -0.25) is 0 Å². The molecule has 5 heteroatoms. The van der Waals surface area contributed by atoms with Gasteiger partial charge in [0.1, 0.15) is 0 Å². The Labute approximate surface area is 95.3 Å². The quantitative estimate of drug-likeness (QED) is 0.844. The molecule has 0 spiro atoms. The van der Waals surface area contributed by atoms with Crippen LogP contribution in [0.15, 0.2) is 4.52 Å². The first-order valence-electron chi connectivity index (χ1n) is 5.77. The maximum absolute atomic E-state index is 5.92. The lowest BCUT2D eigenvalue weighted by Gasteiger charge is -2.13. The molecule has 16 heavy (non-hydrogen) atoms. The monoisotopic (exact) mass is 225 g/mol. The summed E-state index contributed by atoms with van der Waals surface area (Å²) in [7, 11) is 0. The van der Waals surface area contributed by atoms with Gasteiger partial charge in [0.15, 0.2) is 5.82 Å². The van der Waals surface area contributed by atoms with Gasteiger partial charge in [0, 0.05) is 6.61 Å². The van der Waals surface area contributed by atoms with Gasteiger partial charge in [-0.2, -0.15) is 4.98 Å². The predicted molar refractivity (Wildman–Crippen MR) is 58.9 cm³/mol. The van der Waals surface area contributed by atoms with Gasteiger partial charge in [0.05, 0.1) is 17.6 Å². The summed E-state index contributed by atoms with van der Waals surface area (Å²) in [6.07, 6.45) is 2.12. The molecule has 1 aromatic rings. The molecule has 2 rings (SSSR count). The fourth-order valence-electron chi connectivity index (χ4n) is 1.98. The molecule has 1 aliphatic heterocycles. The van der Waals surface area contributed by atoms with E-state index >= 15 is 0 Å². The first-order valence-corrected chi connectivity index (χ1v) is 5.77. The van der Waals surface area contributed by atoms with E-state index in [0.717, 1.165) is 19.4 Å². The Kier molecular flexibility index (Phi) is 2.99. The van der Waals surface area contributed by atoms with Crippen molar-refractivity contribution in [2.24, 2.45) is 5.73 Å². The second-order valence-electron chi connectivity index (χ2n) is 4.89. The summed E-state index contributed by atoms with van der Waals surface area (Å²) in [5, 5.41) is 3.93. The highest BCUT2D eigenvalue weighted by molar-refractivity contribution is 5.04. The molecule has 1 aliphatic rings. The Morgan fingerprint density at radius 3 is 2.81 bits per heavy atom. The molecule has 1 aromatic heterocycles. The first kappa shape index (κ1) is 11.5. The van der Waals surface area contributed by atoms with E-state index in [0.29, 0.717) is 11.7 Å². The fourth-order valence-corrected chi connectivity index (χ4v) is 1.98. The van der Waals surface area contributed by atoms with Crippen molar-refractivity contribution in [2.75, 3.05) is 6.61 Å². The van der Waals surface area contributed by atoms with E-state index in [2.05, 4.69) is 17.1 Å². The predicted octanol–water partition coefficient (Wildman–Crippen LogP) is 1.55. The number of hydrogen-bond acceptors (Lipinski definition) is 5. The highest BCUT2D eigenvalue weighted by Gasteiger charge is 2.34. The standard InChI is InChI=1S/C11H19N3O2/c1-4-8-7(5-6-15-8)9-13-10(14-16-9)11(2,3)12/h7-8H,4-6,12H2,1-3H3. The van der Waals surface area contributed by atoms with E-state index in [9.17, 15) is 0 Å². The lowest BCUT2D eigenvalue weighted by Crippen LogP contribution is -2.30. The molecule has 0 saturated carbocycles. The molecule has 90 valence electrons. The van der Waals surface area contributed by atoms with Crippen LogP contribution in [0.25, 0.3) is 0 Å². The van der Waals surface area contributed by atoms with Gasteiger partial charge >= 0.3 is 0 Å². The molecule has 5 nitrogen and oxygen atoms in total. The molecule has 0 amide bonds. The largest absolute Gasteiger partial charge is 0.377 e. The normalized spacial score (nSPS) is 26.2. The Balaban J connectivity index is 2.18. The van der Waals surface area contributed by atoms with Crippen LogP contribution in [0.2, 0.25) is 0 Å². The van der Waals surface area contributed by atoms with Gasteiger partial charge in [-0.05, 0) is 26.7 Å². The van der Waals surface area contributed by atoms with Crippen LogP contribution >= 0.6 is 0 Å². The number of hydrogen-bond donors (Lipinski definition) is 1. The number of nitrogens with zero attached hydrogens (tertiary/aromatic N) is 2. The maximum atomic E-state index is 5.92. The summed E-state index contributed by atoms with van der Waals surface area (Å²) in [5.41, 5.74) is 5.37. The molecule has 2 unspecified atom stereocenters. The average molecular weight is 225 g/mol. The summed E-state index contributed by atoms with van der Waals surface area (Å²) in [5.74, 6) is 1.45. The highest BCUT2D eigenvalue weighted by Crippen LogP contribution is 2.32. The van der Waals surface area contributed by atoms with Crippen molar-refractivity contribution in [1.29, 1.82) is 0 Å². The smallest absolute Gasteiger partial charge is 0.232 e. The van der Waals surface area contributed by atoms with E-state index in [1.807, 2.05) is 13.8 Å². The van der Waals surface area contributed by atoms with Crippen molar-refractivity contribution in [2.45, 2.75) is 51.2 Å². The summed E-state index contributed by atoms with van der Waals surface area (Å²) in [6.45, 7) is 6.61. The van der Waals surface area contributed by atoms with Gasteiger partial charge in [0.25, 0.3) is 0 Å². The van der Waals surface area contributed by atoms with Crippen LogP contribution in [0.4, 0.5) is 0 Å². The van der Waals surface area contributed by atoms with Crippen molar-refractivity contribution in [3.05, 3.63) is 11.7 Å². The average Bonchev–Trinajstić information content (AvgIpc) is 2.84. The van der Waals surface area contributed by atoms with Crippen LogP contribution < -0.4 is 5.73 Å². The van der Waals surface area contributed by atoms with Crippen LogP contribution in [0.1, 0.15) is 51.2 Å². The van der Waals surface area contributed by atoms with Crippen LogP contribution in [-0.2, 0) is 10.3 Å². The van der Waals surface area contributed by atoms with E-state index < -0.39 is 5.54 Å². The van der Waals surface area contributed by atoms with Crippen LogP contribution in [0, 0.1) is 0 Å². The van der Waals surface area contributed by atoms with Crippen molar-refractivity contribution >= 4 is 0 Å². The molecular weight excluding hydrogens is 206 g/mol. The SMILES string of the molecule is CCC1OCCC1c1nc(C(C)(C)N)no1. The van der Waals surface area contributed by atoms with Crippen molar-refractivity contribution in [3.8, 4) is 0 Å². The van der Waals surface area contributed by atoms with E-state index in [1.165, 1.54) is 0 Å². The lowest BCUT2D eigenvalue weighted by atomic mass is 9.99. The third-order valence-corrected chi connectivity index (χ3v) is 2.95. The molecule has 2 heterocycles. The molecule has 0 radical (unpaired) electrons. The Hall–Kier alpha value is -0.940. The number of rotatable bonds is 3. The minimum absolute atomic E-state index is 0.203. The summed E-state index contributed by atoms with van der Waals surface area (Å²) in [6, 6.07) is 0. The fraction of sp³-hybridized carbons (Fsp3) is 0.818. The third-order valence-electron chi connectivity index (χ3n) is 2.95. The zero-order chi connectivity index (χ0) is 11.8. The molecule has 1 saturated heterocycles. The van der Waals surface area contributed by atoms with E-state index in [-0.39, 0.29) is 12.0 Å². The second-order valence-corrected chi connectivity index (χ2v) is 4.89. The molecule has 2 atom stereocenters.